The number of rotatable bonds is 1. The highest BCUT2D eigenvalue weighted by Gasteiger charge is 2.09. The number of hydrogen-bond donors (Lipinski definition) is 2. The maximum absolute atomic E-state index is 11.3. The van der Waals surface area contributed by atoms with Crippen LogP contribution in [0.25, 0.3) is 5.78 Å². The van der Waals surface area contributed by atoms with Crippen molar-refractivity contribution in [2.24, 2.45) is 0 Å². The molecular formula is C8H11N5O. The molecule has 0 atom stereocenters. The second-order valence-corrected chi connectivity index (χ2v) is 3.08. The molecule has 0 aliphatic carbocycles. The molecule has 6 heteroatoms. The minimum Gasteiger partial charge on any atom is -0.383 e. The zero-order chi connectivity index (χ0) is 10.3. The van der Waals surface area contributed by atoms with Gasteiger partial charge in [0, 0.05) is 6.42 Å². The molecule has 0 aliphatic rings. The molecule has 0 spiro atoms. The van der Waals surface area contributed by atoms with Gasteiger partial charge in [-0.1, -0.05) is 6.92 Å². The average molecular weight is 193 g/mol. The van der Waals surface area contributed by atoms with Gasteiger partial charge >= 0.3 is 0 Å². The Morgan fingerprint density at radius 2 is 2.29 bits per heavy atom. The van der Waals surface area contributed by atoms with Crippen LogP contribution in [-0.4, -0.2) is 19.6 Å². The van der Waals surface area contributed by atoms with E-state index in [2.05, 4.69) is 15.1 Å². The van der Waals surface area contributed by atoms with Gasteiger partial charge in [-0.15, -0.1) is 5.10 Å². The molecule has 2 aromatic heterocycles. The minimum absolute atomic E-state index is 0.218. The number of nitrogen functional groups attached to an aromatic ring is 1. The van der Waals surface area contributed by atoms with E-state index in [1.165, 1.54) is 4.52 Å². The number of fused-ring (bicyclic) bond motifs is 1. The molecule has 2 aromatic rings. The quantitative estimate of drug-likeness (QED) is 0.660. The van der Waals surface area contributed by atoms with E-state index in [-0.39, 0.29) is 5.56 Å². The van der Waals surface area contributed by atoms with Gasteiger partial charge in [0.05, 0.1) is 5.56 Å². The summed E-state index contributed by atoms with van der Waals surface area (Å²) in [6.45, 7) is 3.59. The van der Waals surface area contributed by atoms with E-state index in [1.807, 2.05) is 6.92 Å². The Bertz CT molecular complexity index is 538. The standard InChI is InChI=1S/C8H11N5O/c1-3-5-10-8-11-7(14)4(2)6(9)13(8)12-5/h3,9H2,1-2H3,(H,10,11,12,14). The van der Waals surface area contributed by atoms with Crippen LogP contribution in [0.2, 0.25) is 0 Å². The summed E-state index contributed by atoms with van der Waals surface area (Å²) in [5, 5.41) is 4.14. The largest absolute Gasteiger partial charge is 0.383 e. The monoisotopic (exact) mass is 193 g/mol. The maximum atomic E-state index is 11.3. The molecule has 2 rings (SSSR count). The third kappa shape index (κ3) is 1.07. The summed E-state index contributed by atoms with van der Waals surface area (Å²) in [4.78, 5) is 18.1. The molecule has 0 fully saturated rings. The highest BCUT2D eigenvalue weighted by atomic mass is 16.1. The lowest BCUT2D eigenvalue weighted by atomic mass is 10.3. The number of nitrogens with two attached hydrogens (primary N) is 1. The normalized spacial score (nSPS) is 11.0. The molecule has 0 aromatic carbocycles. The van der Waals surface area contributed by atoms with Crippen molar-refractivity contribution in [2.45, 2.75) is 20.3 Å². The third-order valence-corrected chi connectivity index (χ3v) is 2.15. The van der Waals surface area contributed by atoms with Crippen molar-refractivity contribution in [2.75, 3.05) is 5.73 Å². The number of H-pyrrole nitrogens is 1. The lowest BCUT2D eigenvalue weighted by Gasteiger charge is -1.99. The summed E-state index contributed by atoms with van der Waals surface area (Å²) in [5.41, 5.74) is 5.97. The fourth-order valence-electron chi connectivity index (χ4n) is 1.22. The Balaban J connectivity index is 2.87. The first-order valence-corrected chi connectivity index (χ1v) is 4.37. The predicted molar refractivity (Wildman–Crippen MR) is 52.1 cm³/mol. The fourth-order valence-corrected chi connectivity index (χ4v) is 1.22. The molecule has 0 unspecified atom stereocenters. The smallest absolute Gasteiger partial charge is 0.257 e. The first-order valence-electron chi connectivity index (χ1n) is 4.37. The molecular weight excluding hydrogens is 182 g/mol. The average Bonchev–Trinajstić information content (AvgIpc) is 2.57. The van der Waals surface area contributed by atoms with Gasteiger partial charge in [0.1, 0.15) is 5.82 Å². The third-order valence-electron chi connectivity index (χ3n) is 2.15. The van der Waals surface area contributed by atoms with E-state index in [9.17, 15) is 4.79 Å². The lowest BCUT2D eigenvalue weighted by Crippen LogP contribution is -2.16. The predicted octanol–water partition coefficient (Wildman–Crippen LogP) is -0.129. The molecule has 0 radical (unpaired) electrons. The minimum atomic E-state index is -0.218. The Labute approximate surface area is 79.8 Å². The van der Waals surface area contributed by atoms with Crippen LogP contribution in [0.4, 0.5) is 5.82 Å². The zero-order valence-electron chi connectivity index (χ0n) is 8.03. The number of aromatic nitrogens is 4. The van der Waals surface area contributed by atoms with E-state index in [1.54, 1.807) is 6.92 Å². The van der Waals surface area contributed by atoms with Crippen molar-refractivity contribution < 1.29 is 0 Å². The molecule has 14 heavy (non-hydrogen) atoms. The molecule has 0 aliphatic heterocycles. The Morgan fingerprint density at radius 1 is 1.57 bits per heavy atom. The van der Waals surface area contributed by atoms with Crippen LogP contribution < -0.4 is 11.3 Å². The topological polar surface area (TPSA) is 89.1 Å². The van der Waals surface area contributed by atoms with E-state index >= 15 is 0 Å². The zero-order valence-corrected chi connectivity index (χ0v) is 8.03. The summed E-state index contributed by atoms with van der Waals surface area (Å²) in [6, 6.07) is 0. The summed E-state index contributed by atoms with van der Waals surface area (Å²) < 4.78 is 1.45. The van der Waals surface area contributed by atoms with Crippen molar-refractivity contribution in [3.63, 3.8) is 0 Å². The maximum Gasteiger partial charge on any atom is 0.257 e. The first-order chi connectivity index (χ1) is 6.63. The number of anilines is 1. The molecule has 3 N–H and O–H groups in total. The highest BCUT2D eigenvalue weighted by molar-refractivity contribution is 5.45. The molecule has 6 nitrogen and oxygen atoms in total. The number of hydrogen-bond acceptors (Lipinski definition) is 4. The molecule has 0 saturated carbocycles. The Morgan fingerprint density at radius 3 is 2.93 bits per heavy atom. The van der Waals surface area contributed by atoms with Crippen LogP contribution in [0.15, 0.2) is 4.79 Å². The number of aryl methyl sites for hydroxylation is 1. The van der Waals surface area contributed by atoms with Crippen LogP contribution >= 0.6 is 0 Å². The molecule has 0 bridgehead atoms. The summed E-state index contributed by atoms with van der Waals surface area (Å²) in [5.74, 6) is 1.41. The lowest BCUT2D eigenvalue weighted by molar-refractivity contribution is 0.879. The Hall–Kier alpha value is -1.85. The Kier molecular flexibility index (Phi) is 1.77. The van der Waals surface area contributed by atoms with E-state index in [0.29, 0.717) is 29.4 Å². The number of aromatic amines is 1. The van der Waals surface area contributed by atoms with E-state index < -0.39 is 0 Å². The van der Waals surface area contributed by atoms with Gasteiger partial charge in [-0.25, -0.2) is 0 Å². The fraction of sp³-hybridized carbons (Fsp3) is 0.375. The van der Waals surface area contributed by atoms with Crippen LogP contribution in [0, 0.1) is 6.92 Å². The van der Waals surface area contributed by atoms with E-state index in [0.717, 1.165) is 0 Å². The summed E-state index contributed by atoms with van der Waals surface area (Å²) >= 11 is 0. The van der Waals surface area contributed by atoms with Gasteiger partial charge in [-0.2, -0.15) is 9.50 Å². The van der Waals surface area contributed by atoms with Gasteiger partial charge in [-0.05, 0) is 6.92 Å². The van der Waals surface area contributed by atoms with Crippen molar-refractivity contribution >= 4 is 11.6 Å². The van der Waals surface area contributed by atoms with Gasteiger partial charge < -0.3 is 5.73 Å². The van der Waals surface area contributed by atoms with Crippen molar-refractivity contribution in [3.05, 3.63) is 21.7 Å². The second-order valence-electron chi connectivity index (χ2n) is 3.08. The number of nitrogens with zero attached hydrogens (tertiary/aromatic N) is 3. The van der Waals surface area contributed by atoms with E-state index in [4.69, 9.17) is 5.73 Å². The molecule has 0 saturated heterocycles. The summed E-state index contributed by atoms with van der Waals surface area (Å²) in [7, 11) is 0. The first kappa shape index (κ1) is 8.74. The van der Waals surface area contributed by atoms with Crippen LogP contribution in [0.3, 0.4) is 0 Å². The number of nitrogens with one attached hydrogen (secondary N) is 1. The van der Waals surface area contributed by atoms with Crippen LogP contribution in [0.5, 0.6) is 0 Å². The van der Waals surface area contributed by atoms with Gasteiger partial charge in [0.2, 0.25) is 5.78 Å². The second kappa shape index (κ2) is 2.83. The van der Waals surface area contributed by atoms with Crippen molar-refractivity contribution in [3.8, 4) is 0 Å². The van der Waals surface area contributed by atoms with Crippen LogP contribution in [0.1, 0.15) is 18.3 Å². The van der Waals surface area contributed by atoms with Crippen LogP contribution in [-0.2, 0) is 6.42 Å². The van der Waals surface area contributed by atoms with Crippen molar-refractivity contribution in [1.29, 1.82) is 0 Å². The molecule has 2 heterocycles. The molecule has 74 valence electrons. The van der Waals surface area contributed by atoms with Gasteiger partial charge in [-0.3, -0.25) is 9.78 Å². The van der Waals surface area contributed by atoms with Gasteiger partial charge in [0.25, 0.3) is 5.56 Å². The highest BCUT2D eigenvalue weighted by Crippen LogP contribution is 2.06. The SMILES string of the molecule is CCc1nc2[nH]c(=O)c(C)c(N)n2n1. The van der Waals surface area contributed by atoms with Gasteiger partial charge in [0.15, 0.2) is 5.82 Å². The molecule has 0 amide bonds. The summed E-state index contributed by atoms with van der Waals surface area (Å²) in [6.07, 6.45) is 0.711. The van der Waals surface area contributed by atoms with Crippen molar-refractivity contribution in [1.82, 2.24) is 19.6 Å².